The highest BCUT2D eigenvalue weighted by molar-refractivity contribution is 6.28. The molecule has 0 fully saturated rings. The zero-order valence-electron chi connectivity index (χ0n) is 28.6. The van der Waals surface area contributed by atoms with Crippen molar-refractivity contribution in [3.63, 3.8) is 0 Å². The maximum atomic E-state index is 4.79. The summed E-state index contributed by atoms with van der Waals surface area (Å²) in [6.45, 7) is 8.87. The molecule has 0 radical (unpaired) electrons. The summed E-state index contributed by atoms with van der Waals surface area (Å²) < 4.78 is 5.08. The van der Waals surface area contributed by atoms with Gasteiger partial charge in [-0.25, -0.2) is 0 Å². The van der Waals surface area contributed by atoms with Gasteiger partial charge in [0, 0.05) is 32.9 Å². The molecule has 5 aromatic carbocycles. The molecule has 0 amide bonds. The van der Waals surface area contributed by atoms with Gasteiger partial charge in [-0.05, 0) is 98.2 Å². The molecular weight excluding hydrogens is 583 g/mol. The standard InChI is InChI=1S/C45H43N3/c1-5-7-19-36-37(20-8-6-2)44-43(39-22-10-12-24-41(39)48(44)35-26-25-31(4)46-29-35)45-42(36)38-21-9-11-23-40(38)47(45)34-18-14-17-33(28-34)32-16-13-15-30(3)27-32/h9-18,21-29H,5-8,19-20H2,1-4H3. The van der Waals surface area contributed by atoms with Gasteiger partial charge in [-0.3, -0.25) is 4.98 Å². The van der Waals surface area contributed by atoms with Crippen molar-refractivity contribution < 1.29 is 0 Å². The molecule has 0 unspecified atom stereocenters. The number of pyridine rings is 1. The molecule has 3 aromatic heterocycles. The first-order valence-electron chi connectivity index (χ1n) is 17.7. The molecule has 238 valence electrons. The van der Waals surface area contributed by atoms with E-state index < -0.39 is 0 Å². The van der Waals surface area contributed by atoms with Crippen LogP contribution in [0.3, 0.4) is 0 Å². The maximum Gasteiger partial charge on any atom is 0.0645 e. The molecule has 0 aliphatic carbocycles. The van der Waals surface area contributed by atoms with E-state index in [-0.39, 0.29) is 0 Å². The minimum atomic E-state index is 1.03. The number of aryl methyl sites for hydroxylation is 4. The summed E-state index contributed by atoms with van der Waals surface area (Å²) in [6, 6.07) is 40.5. The second-order valence-corrected chi connectivity index (χ2v) is 13.4. The van der Waals surface area contributed by atoms with Gasteiger partial charge < -0.3 is 9.13 Å². The van der Waals surface area contributed by atoms with Crippen LogP contribution in [-0.4, -0.2) is 14.1 Å². The lowest BCUT2D eigenvalue weighted by atomic mass is 9.90. The third-order valence-electron chi connectivity index (χ3n) is 10.1. The molecular formula is C45H43N3. The first-order valence-corrected chi connectivity index (χ1v) is 17.7. The van der Waals surface area contributed by atoms with Gasteiger partial charge in [0.15, 0.2) is 0 Å². The van der Waals surface area contributed by atoms with Crippen LogP contribution in [0.25, 0.3) is 66.1 Å². The Balaban J connectivity index is 1.60. The number of rotatable bonds is 9. The van der Waals surface area contributed by atoms with E-state index in [0.29, 0.717) is 0 Å². The van der Waals surface area contributed by atoms with Crippen LogP contribution in [-0.2, 0) is 12.8 Å². The number of benzene rings is 5. The summed E-state index contributed by atoms with van der Waals surface area (Å²) >= 11 is 0. The maximum absolute atomic E-state index is 4.79. The topological polar surface area (TPSA) is 22.8 Å². The van der Waals surface area contributed by atoms with Crippen LogP contribution in [0.2, 0.25) is 0 Å². The average Bonchev–Trinajstić information content (AvgIpc) is 3.64. The van der Waals surface area contributed by atoms with Gasteiger partial charge >= 0.3 is 0 Å². The summed E-state index contributed by atoms with van der Waals surface area (Å²) in [5.41, 5.74) is 15.3. The lowest BCUT2D eigenvalue weighted by molar-refractivity contribution is 0.764. The van der Waals surface area contributed by atoms with Crippen molar-refractivity contribution in [3.8, 4) is 22.5 Å². The Labute approximate surface area is 283 Å². The van der Waals surface area contributed by atoms with Gasteiger partial charge in [-0.15, -0.1) is 0 Å². The third-order valence-corrected chi connectivity index (χ3v) is 10.1. The number of unbranched alkanes of at least 4 members (excludes halogenated alkanes) is 2. The molecule has 0 bridgehead atoms. The summed E-state index contributed by atoms with van der Waals surface area (Å²) in [4.78, 5) is 4.79. The van der Waals surface area contributed by atoms with Crippen LogP contribution < -0.4 is 0 Å². The molecule has 0 aliphatic rings. The quantitative estimate of drug-likeness (QED) is 0.156. The zero-order chi connectivity index (χ0) is 32.8. The number of para-hydroxylation sites is 2. The van der Waals surface area contributed by atoms with Crippen molar-refractivity contribution in [1.29, 1.82) is 0 Å². The molecule has 0 atom stereocenters. The van der Waals surface area contributed by atoms with Crippen molar-refractivity contribution in [2.75, 3.05) is 0 Å². The van der Waals surface area contributed by atoms with E-state index in [2.05, 4.69) is 152 Å². The van der Waals surface area contributed by atoms with Crippen LogP contribution in [0.1, 0.15) is 61.9 Å². The fraction of sp³-hybridized carbons (Fsp3) is 0.222. The largest absolute Gasteiger partial charge is 0.309 e. The van der Waals surface area contributed by atoms with Crippen molar-refractivity contribution >= 4 is 43.6 Å². The number of nitrogens with zero attached hydrogens (tertiary/aromatic N) is 3. The number of hydrogen-bond acceptors (Lipinski definition) is 1. The minimum absolute atomic E-state index is 1.03. The van der Waals surface area contributed by atoms with E-state index in [0.717, 1.165) is 49.9 Å². The number of fused-ring (bicyclic) bond motifs is 7. The predicted molar refractivity (Wildman–Crippen MR) is 205 cm³/mol. The summed E-state index contributed by atoms with van der Waals surface area (Å²) in [5, 5.41) is 5.39. The van der Waals surface area contributed by atoms with Gasteiger partial charge in [0.1, 0.15) is 0 Å². The fourth-order valence-electron chi connectivity index (χ4n) is 7.87. The van der Waals surface area contributed by atoms with Crippen molar-refractivity contribution in [2.24, 2.45) is 0 Å². The highest BCUT2D eigenvalue weighted by Gasteiger charge is 2.27. The number of aromatic nitrogens is 3. The Morgan fingerprint density at radius 2 is 1.17 bits per heavy atom. The molecule has 8 aromatic rings. The first kappa shape index (κ1) is 30.2. The molecule has 0 aliphatic heterocycles. The Bertz CT molecular complexity index is 2440. The van der Waals surface area contributed by atoms with Crippen molar-refractivity contribution in [2.45, 2.75) is 66.2 Å². The highest BCUT2D eigenvalue weighted by Crippen LogP contribution is 2.46. The molecule has 0 saturated carbocycles. The molecule has 0 N–H and O–H groups in total. The van der Waals surface area contributed by atoms with E-state index in [1.807, 2.05) is 0 Å². The van der Waals surface area contributed by atoms with Crippen LogP contribution in [0, 0.1) is 13.8 Å². The van der Waals surface area contributed by atoms with E-state index in [1.165, 1.54) is 77.1 Å². The van der Waals surface area contributed by atoms with Crippen LogP contribution in [0.5, 0.6) is 0 Å². The summed E-state index contributed by atoms with van der Waals surface area (Å²) in [7, 11) is 0. The smallest absolute Gasteiger partial charge is 0.0645 e. The molecule has 0 saturated heterocycles. The van der Waals surface area contributed by atoms with Crippen molar-refractivity contribution in [3.05, 3.63) is 138 Å². The molecule has 8 rings (SSSR count). The van der Waals surface area contributed by atoms with E-state index >= 15 is 0 Å². The van der Waals surface area contributed by atoms with Gasteiger partial charge in [-0.2, -0.15) is 0 Å². The Hall–Kier alpha value is -5.15. The van der Waals surface area contributed by atoms with E-state index in [1.54, 1.807) is 0 Å². The molecule has 3 heterocycles. The van der Waals surface area contributed by atoms with Gasteiger partial charge in [0.2, 0.25) is 0 Å². The predicted octanol–water partition coefficient (Wildman–Crippen LogP) is 12.2. The monoisotopic (exact) mass is 625 g/mol. The van der Waals surface area contributed by atoms with E-state index in [4.69, 9.17) is 4.98 Å². The third kappa shape index (κ3) is 4.92. The van der Waals surface area contributed by atoms with Crippen LogP contribution >= 0.6 is 0 Å². The summed E-state index contributed by atoms with van der Waals surface area (Å²) in [6.07, 6.45) is 8.81. The average molecular weight is 626 g/mol. The SMILES string of the molecule is CCCCc1c(CCCC)c2c(c3ccccc3n2-c2ccc(C)nc2)c2c1c1ccccc1n2-c1cccc(-c2cccc(C)c2)c1. The second-order valence-electron chi connectivity index (χ2n) is 13.4. The zero-order valence-corrected chi connectivity index (χ0v) is 28.6. The Morgan fingerprint density at radius 1 is 0.542 bits per heavy atom. The molecule has 3 nitrogen and oxygen atoms in total. The van der Waals surface area contributed by atoms with E-state index in [9.17, 15) is 0 Å². The summed E-state index contributed by atoms with van der Waals surface area (Å²) in [5.74, 6) is 0. The number of hydrogen-bond donors (Lipinski definition) is 0. The van der Waals surface area contributed by atoms with Crippen LogP contribution in [0.15, 0.2) is 115 Å². The second kappa shape index (κ2) is 12.5. The van der Waals surface area contributed by atoms with Gasteiger partial charge in [0.05, 0.1) is 34.0 Å². The molecule has 48 heavy (non-hydrogen) atoms. The Morgan fingerprint density at radius 3 is 1.83 bits per heavy atom. The van der Waals surface area contributed by atoms with Crippen molar-refractivity contribution in [1.82, 2.24) is 14.1 Å². The van der Waals surface area contributed by atoms with Crippen LogP contribution in [0.4, 0.5) is 0 Å². The molecule has 3 heteroatoms. The molecule has 0 spiro atoms. The first-order chi connectivity index (χ1) is 23.6. The normalized spacial score (nSPS) is 11.8. The lowest BCUT2D eigenvalue weighted by Crippen LogP contribution is -2.04. The fourth-order valence-corrected chi connectivity index (χ4v) is 7.87. The Kier molecular flexibility index (Phi) is 7.84. The van der Waals surface area contributed by atoms with Gasteiger partial charge in [-0.1, -0.05) is 105 Å². The van der Waals surface area contributed by atoms with Gasteiger partial charge in [0.25, 0.3) is 0 Å². The minimum Gasteiger partial charge on any atom is -0.309 e. The lowest BCUT2D eigenvalue weighted by Gasteiger charge is -2.18. The highest BCUT2D eigenvalue weighted by atomic mass is 15.0.